The van der Waals surface area contributed by atoms with Crippen LogP contribution in [0, 0.1) is 16.4 Å². The van der Waals surface area contributed by atoms with Gasteiger partial charge in [0, 0.05) is 0 Å². The largest absolute Gasteiger partial charge is 0.0801 e. The zero-order valence-corrected chi connectivity index (χ0v) is 13.1. The Morgan fingerprint density at radius 2 is 1.77 bits per heavy atom. The number of benzene rings is 2. The first-order valence-corrected chi connectivity index (χ1v) is 8.06. The lowest BCUT2D eigenvalue weighted by atomic mass is 9.96. The molecule has 0 bridgehead atoms. The molecule has 108 valence electrons. The van der Waals surface area contributed by atoms with E-state index in [-0.39, 0.29) is 0 Å². The van der Waals surface area contributed by atoms with Crippen molar-refractivity contribution in [2.24, 2.45) is 5.92 Å². The van der Waals surface area contributed by atoms with Crippen LogP contribution in [0.3, 0.4) is 0 Å². The van der Waals surface area contributed by atoms with Gasteiger partial charge in [0.05, 0.1) is 0 Å². The molecule has 0 aliphatic heterocycles. The summed E-state index contributed by atoms with van der Waals surface area (Å²) >= 11 is 0. The molecule has 0 radical (unpaired) electrons. The van der Waals surface area contributed by atoms with Crippen molar-refractivity contribution in [3.05, 3.63) is 92.7 Å². The van der Waals surface area contributed by atoms with Crippen molar-refractivity contribution in [1.82, 2.24) is 0 Å². The van der Waals surface area contributed by atoms with E-state index in [0.717, 1.165) is 6.42 Å². The summed E-state index contributed by atoms with van der Waals surface area (Å²) in [6.45, 7) is 4.46. The lowest BCUT2D eigenvalue weighted by molar-refractivity contribution is 0.881. The quantitative estimate of drug-likeness (QED) is 0.786. The van der Waals surface area contributed by atoms with Gasteiger partial charge in [-0.25, -0.2) is 0 Å². The van der Waals surface area contributed by atoms with Crippen LogP contribution in [0.2, 0.25) is 0 Å². The maximum Gasteiger partial charge on any atom is -0.00635 e. The second-order valence-corrected chi connectivity index (χ2v) is 6.46. The van der Waals surface area contributed by atoms with Gasteiger partial charge < -0.3 is 0 Å². The Morgan fingerprint density at radius 1 is 0.955 bits per heavy atom. The molecule has 2 aliphatic carbocycles. The molecule has 0 spiro atoms. The predicted molar refractivity (Wildman–Crippen MR) is 93.5 cm³/mol. The highest BCUT2D eigenvalue weighted by Crippen LogP contribution is 2.29. The summed E-state index contributed by atoms with van der Waals surface area (Å²) in [5.74, 6) is 0.567. The number of fused-ring (bicyclic) bond motifs is 2. The fourth-order valence-electron chi connectivity index (χ4n) is 3.55. The summed E-state index contributed by atoms with van der Waals surface area (Å²) in [6, 6.07) is 15.7. The molecule has 0 fully saturated rings. The average molecular weight is 284 g/mol. The minimum atomic E-state index is 0.567. The van der Waals surface area contributed by atoms with Crippen molar-refractivity contribution in [2.45, 2.75) is 20.3 Å². The van der Waals surface area contributed by atoms with Crippen LogP contribution in [0.15, 0.2) is 66.3 Å². The van der Waals surface area contributed by atoms with Crippen molar-refractivity contribution >= 4 is 11.6 Å². The first-order valence-electron chi connectivity index (χ1n) is 8.06. The van der Waals surface area contributed by atoms with E-state index in [1.807, 2.05) is 0 Å². The molecule has 0 N–H and O–H groups in total. The van der Waals surface area contributed by atoms with Gasteiger partial charge in [0.2, 0.25) is 0 Å². The summed E-state index contributed by atoms with van der Waals surface area (Å²) in [4.78, 5) is 0. The van der Waals surface area contributed by atoms with E-state index in [9.17, 15) is 0 Å². The van der Waals surface area contributed by atoms with Gasteiger partial charge in [-0.3, -0.25) is 0 Å². The third-order valence-corrected chi connectivity index (χ3v) is 4.42. The van der Waals surface area contributed by atoms with Gasteiger partial charge in [0.25, 0.3) is 0 Å². The first-order chi connectivity index (χ1) is 10.7. The summed E-state index contributed by atoms with van der Waals surface area (Å²) in [5.41, 5.74) is 4.26. The van der Waals surface area contributed by atoms with E-state index < -0.39 is 0 Å². The Kier molecular flexibility index (Phi) is 3.11. The zero-order valence-electron chi connectivity index (χ0n) is 13.1. The molecule has 2 aromatic rings. The molecule has 4 rings (SSSR count). The molecular formula is C22H20. The maximum absolute atomic E-state index is 2.36. The smallest absolute Gasteiger partial charge is 0.00635 e. The molecule has 0 heterocycles. The molecule has 0 amide bonds. The molecule has 0 unspecified atom stereocenters. The van der Waals surface area contributed by atoms with Crippen LogP contribution in [0.25, 0.3) is 11.6 Å². The molecule has 0 heteroatoms. The van der Waals surface area contributed by atoms with E-state index >= 15 is 0 Å². The molecule has 22 heavy (non-hydrogen) atoms. The highest BCUT2D eigenvalue weighted by atomic mass is 14.2. The minimum absolute atomic E-state index is 0.567. The van der Waals surface area contributed by atoms with Gasteiger partial charge in [-0.1, -0.05) is 74.5 Å². The molecular weight excluding hydrogens is 264 g/mol. The Labute approximate surface area is 131 Å². The van der Waals surface area contributed by atoms with E-state index in [2.05, 4.69) is 80.6 Å². The Balaban J connectivity index is 2.08. The molecule has 0 nitrogen and oxygen atoms in total. The van der Waals surface area contributed by atoms with Crippen molar-refractivity contribution < 1.29 is 0 Å². The van der Waals surface area contributed by atoms with Gasteiger partial charge >= 0.3 is 0 Å². The summed E-state index contributed by atoms with van der Waals surface area (Å²) in [6.07, 6.45) is 10.1. The van der Waals surface area contributed by atoms with Crippen molar-refractivity contribution in [3.63, 3.8) is 0 Å². The van der Waals surface area contributed by atoms with Crippen molar-refractivity contribution in [1.29, 1.82) is 0 Å². The predicted octanol–water partition coefficient (Wildman–Crippen LogP) is 3.81. The normalized spacial score (nSPS) is 16.2. The van der Waals surface area contributed by atoms with Gasteiger partial charge in [0.15, 0.2) is 0 Å². The zero-order chi connectivity index (χ0) is 15.1. The number of rotatable bonds is 2. The number of hydrogen-bond donors (Lipinski definition) is 0. The Morgan fingerprint density at radius 3 is 2.50 bits per heavy atom. The molecule has 0 aromatic heterocycles. The summed E-state index contributed by atoms with van der Waals surface area (Å²) in [7, 11) is 0. The van der Waals surface area contributed by atoms with Crippen LogP contribution in [-0.2, 0) is 0 Å². The van der Waals surface area contributed by atoms with Gasteiger partial charge in [0.1, 0.15) is 0 Å². The molecule has 0 atom stereocenters. The Bertz CT molecular complexity index is 1010. The molecule has 0 saturated carbocycles. The van der Waals surface area contributed by atoms with E-state index in [1.54, 1.807) is 0 Å². The van der Waals surface area contributed by atoms with Crippen LogP contribution in [-0.4, -0.2) is 0 Å². The van der Waals surface area contributed by atoms with Gasteiger partial charge in [-0.15, -0.1) is 0 Å². The van der Waals surface area contributed by atoms with Crippen LogP contribution < -0.4 is 10.4 Å². The lowest BCUT2D eigenvalue weighted by Gasteiger charge is -2.07. The highest BCUT2D eigenvalue weighted by Gasteiger charge is 2.16. The Hall–Kier alpha value is -2.34. The SMILES string of the molecule is CC(C)C=c1ccc2c(c1)C(C1=CC=CC1)=c1ccccc1=2. The van der Waals surface area contributed by atoms with Gasteiger partial charge in [-0.2, -0.15) is 0 Å². The maximum atomic E-state index is 2.36. The number of allylic oxidation sites excluding steroid dienone is 4. The average Bonchev–Trinajstić information content (AvgIpc) is 3.11. The van der Waals surface area contributed by atoms with Crippen molar-refractivity contribution in [2.75, 3.05) is 0 Å². The topological polar surface area (TPSA) is 0 Å². The minimum Gasteiger partial charge on any atom is -0.0801 e. The first kappa shape index (κ1) is 13.3. The van der Waals surface area contributed by atoms with E-state index in [1.165, 1.54) is 37.6 Å². The highest BCUT2D eigenvalue weighted by molar-refractivity contribution is 5.82. The molecule has 2 aliphatic rings. The van der Waals surface area contributed by atoms with Crippen molar-refractivity contribution in [3.8, 4) is 0 Å². The third-order valence-electron chi connectivity index (χ3n) is 4.42. The van der Waals surface area contributed by atoms with Gasteiger partial charge in [-0.05, 0) is 56.0 Å². The number of hydrogen-bond acceptors (Lipinski definition) is 0. The monoisotopic (exact) mass is 284 g/mol. The third kappa shape index (κ3) is 2.07. The standard InChI is InChI=1S/C22H20/c1-15(2)13-16-11-12-19-18-9-5-6-10-20(18)22(21(19)14-16)17-7-3-4-8-17/h3-7,9-15H,8H2,1-2H3. The van der Waals surface area contributed by atoms with Crippen LogP contribution in [0.5, 0.6) is 0 Å². The van der Waals surface area contributed by atoms with E-state index in [4.69, 9.17) is 0 Å². The van der Waals surface area contributed by atoms with E-state index in [0.29, 0.717) is 5.92 Å². The summed E-state index contributed by atoms with van der Waals surface area (Å²) in [5, 5.41) is 5.45. The second-order valence-electron chi connectivity index (χ2n) is 6.46. The second kappa shape index (κ2) is 5.14. The fourth-order valence-corrected chi connectivity index (χ4v) is 3.55. The van der Waals surface area contributed by atoms with Crippen LogP contribution in [0.1, 0.15) is 25.8 Å². The fraction of sp³-hybridized carbons (Fsp3) is 0.182. The van der Waals surface area contributed by atoms with Crippen LogP contribution in [0.4, 0.5) is 0 Å². The molecule has 2 aromatic carbocycles. The lowest BCUT2D eigenvalue weighted by Crippen LogP contribution is -2.07. The van der Waals surface area contributed by atoms with Crippen LogP contribution >= 0.6 is 0 Å². The summed E-state index contributed by atoms with van der Waals surface area (Å²) < 4.78 is 0. The molecule has 0 saturated heterocycles.